The van der Waals surface area contributed by atoms with Gasteiger partial charge in [-0.05, 0) is 19.8 Å². The minimum Gasteiger partial charge on any atom is -0.474 e. The van der Waals surface area contributed by atoms with Crippen molar-refractivity contribution < 1.29 is 37.6 Å². The molecule has 1 aliphatic carbocycles. The van der Waals surface area contributed by atoms with Crippen LogP contribution in [0, 0.1) is 0 Å². The van der Waals surface area contributed by atoms with Gasteiger partial charge in [0.05, 0.1) is 25.5 Å². The highest BCUT2D eigenvalue weighted by Crippen LogP contribution is 2.37. The molecule has 1 saturated carbocycles. The van der Waals surface area contributed by atoms with Crippen LogP contribution < -0.4 is 4.74 Å². The zero-order valence-electron chi connectivity index (χ0n) is 14.3. The van der Waals surface area contributed by atoms with Gasteiger partial charge in [-0.1, -0.05) is 0 Å². The van der Waals surface area contributed by atoms with Crippen molar-refractivity contribution in [2.75, 3.05) is 19.8 Å². The minimum atomic E-state index is -4.80. The van der Waals surface area contributed by atoms with Gasteiger partial charge in [0.25, 0.3) is 0 Å². The number of halogens is 3. The van der Waals surface area contributed by atoms with Crippen LogP contribution in [0.5, 0.6) is 5.88 Å². The number of rotatable bonds is 4. The summed E-state index contributed by atoms with van der Waals surface area (Å²) in [7, 11) is 0. The van der Waals surface area contributed by atoms with Crippen molar-refractivity contribution in [3.63, 3.8) is 0 Å². The number of hydrogen-bond donors (Lipinski definition) is 2. The van der Waals surface area contributed by atoms with Gasteiger partial charge in [0.1, 0.15) is 11.7 Å². The summed E-state index contributed by atoms with van der Waals surface area (Å²) in [6, 6.07) is 1.12. The van der Waals surface area contributed by atoms with Gasteiger partial charge in [-0.2, -0.15) is 18.2 Å². The average Bonchev–Trinajstić information content (AvgIpc) is 3.04. The molecular weight excluding hydrogens is 357 g/mol. The first-order valence-electron chi connectivity index (χ1n) is 8.38. The van der Waals surface area contributed by atoms with E-state index in [0.29, 0.717) is 38.9 Å². The van der Waals surface area contributed by atoms with Crippen molar-refractivity contribution in [3.8, 4) is 5.88 Å². The first kappa shape index (κ1) is 19.3. The highest BCUT2D eigenvalue weighted by atomic mass is 19.4. The SMILES string of the molecule is CC(O)(CO)c1cc(OC2CCC3(CC2)OCCO3)nc(C(F)(F)F)n1. The van der Waals surface area contributed by atoms with E-state index in [9.17, 15) is 23.4 Å². The highest BCUT2D eigenvalue weighted by Gasteiger charge is 2.42. The first-order valence-corrected chi connectivity index (χ1v) is 8.38. The Balaban J connectivity index is 1.77. The number of aromatic nitrogens is 2. The van der Waals surface area contributed by atoms with Crippen LogP contribution in [0.25, 0.3) is 0 Å². The largest absolute Gasteiger partial charge is 0.474 e. The lowest BCUT2D eigenvalue weighted by Gasteiger charge is -2.35. The molecule has 2 heterocycles. The molecule has 1 spiro atoms. The van der Waals surface area contributed by atoms with E-state index in [1.54, 1.807) is 0 Å². The Hall–Kier alpha value is -1.49. The quantitative estimate of drug-likeness (QED) is 0.825. The van der Waals surface area contributed by atoms with Gasteiger partial charge in [0.2, 0.25) is 11.7 Å². The molecule has 1 atom stereocenters. The van der Waals surface area contributed by atoms with E-state index >= 15 is 0 Å². The second kappa shape index (κ2) is 6.91. The predicted molar refractivity (Wildman–Crippen MR) is 81.2 cm³/mol. The van der Waals surface area contributed by atoms with Gasteiger partial charge < -0.3 is 24.4 Å². The number of hydrogen-bond acceptors (Lipinski definition) is 7. The molecule has 2 N–H and O–H groups in total. The predicted octanol–water partition coefficient (Wildman–Crippen LogP) is 1.76. The maximum absolute atomic E-state index is 13.1. The highest BCUT2D eigenvalue weighted by molar-refractivity contribution is 5.22. The number of ether oxygens (including phenoxy) is 3. The second-order valence-electron chi connectivity index (χ2n) is 6.77. The average molecular weight is 378 g/mol. The van der Waals surface area contributed by atoms with Gasteiger partial charge in [0.15, 0.2) is 5.79 Å². The molecule has 1 unspecified atom stereocenters. The lowest BCUT2D eigenvalue weighted by atomic mass is 9.92. The summed E-state index contributed by atoms with van der Waals surface area (Å²) < 4.78 is 56.0. The summed E-state index contributed by atoms with van der Waals surface area (Å²) >= 11 is 0. The van der Waals surface area contributed by atoms with Crippen LogP contribution in [-0.4, -0.2) is 51.9 Å². The van der Waals surface area contributed by atoms with Crippen LogP contribution in [0.15, 0.2) is 6.07 Å². The summed E-state index contributed by atoms with van der Waals surface area (Å²) in [5, 5.41) is 19.3. The molecule has 1 aromatic rings. The van der Waals surface area contributed by atoms with Gasteiger partial charge in [-0.15, -0.1) is 0 Å². The third-order valence-corrected chi connectivity index (χ3v) is 4.61. The third kappa shape index (κ3) is 4.08. The zero-order valence-corrected chi connectivity index (χ0v) is 14.3. The van der Waals surface area contributed by atoms with Crippen molar-refractivity contribution in [2.45, 2.75) is 56.3 Å². The Morgan fingerprint density at radius 1 is 1.23 bits per heavy atom. The fourth-order valence-electron chi connectivity index (χ4n) is 3.07. The minimum absolute atomic E-state index is 0.287. The second-order valence-corrected chi connectivity index (χ2v) is 6.77. The van der Waals surface area contributed by atoms with E-state index in [0.717, 1.165) is 6.07 Å². The molecule has 1 aliphatic heterocycles. The van der Waals surface area contributed by atoms with Gasteiger partial charge in [-0.3, -0.25) is 0 Å². The molecule has 0 aromatic carbocycles. The third-order valence-electron chi connectivity index (χ3n) is 4.61. The molecule has 0 radical (unpaired) electrons. The normalized spacial score (nSPS) is 23.2. The van der Waals surface area contributed by atoms with E-state index < -0.39 is 30.0 Å². The summed E-state index contributed by atoms with van der Waals surface area (Å²) in [5.41, 5.74) is -2.30. The van der Waals surface area contributed by atoms with Crippen molar-refractivity contribution in [1.29, 1.82) is 0 Å². The van der Waals surface area contributed by atoms with Crippen LogP contribution in [-0.2, 0) is 21.3 Å². The number of nitrogens with zero attached hydrogens (tertiary/aromatic N) is 2. The smallest absolute Gasteiger partial charge is 0.451 e. The molecule has 1 aromatic heterocycles. The van der Waals surface area contributed by atoms with Crippen molar-refractivity contribution in [3.05, 3.63) is 17.6 Å². The lowest BCUT2D eigenvalue weighted by molar-refractivity contribution is -0.186. The summed E-state index contributed by atoms with van der Waals surface area (Å²) in [6.45, 7) is 1.44. The standard InChI is InChI=1S/C16H21F3N2O5/c1-14(23,9-22)11-8-12(21-13(20-11)16(17,18)19)26-10-2-4-15(5-3-10)24-6-7-25-15/h8,10,22-23H,2-7,9H2,1H3. The molecule has 0 amide bonds. The Kier molecular flexibility index (Phi) is 5.13. The number of aliphatic hydroxyl groups is 2. The van der Waals surface area contributed by atoms with Crippen LogP contribution in [0.4, 0.5) is 13.2 Å². The summed E-state index contributed by atoms with van der Waals surface area (Å²) in [6.07, 6.45) is -2.92. The monoisotopic (exact) mass is 378 g/mol. The van der Waals surface area contributed by atoms with Crippen molar-refractivity contribution in [2.24, 2.45) is 0 Å². The van der Waals surface area contributed by atoms with E-state index in [2.05, 4.69) is 9.97 Å². The first-order chi connectivity index (χ1) is 12.1. The summed E-state index contributed by atoms with van der Waals surface area (Å²) in [4.78, 5) is 6.75. The molecule has 10 heteroatoms. The number of alkyl halides is 3. The Labute approximate surface area is 148 Å². The Bertz CT molecular complexity index is 637. The molecule has 26 heavy (non-hydrogen) atoms. The van der Waals surface area contributed by atoms with Gasteiger partial charge in [0, 0.05) is 18.9 Å². The molecule has 146 valence electrons. The molecular formula is C16H21F3N2O5. The Morgan fingerprint density at radius 2 is 1.85 bits per heavy atom. The van der Waals surface area contributed by atoms with Gasteiger partial charge in [-0.25, -0.2) is 4.98 Å². The fraction of sp³-hybridized carbons (Fsp3) is 0.750. The van der Waals surface area contributed by atoms with Crippen molar-refractivity contribution >= 4 is 0 Å². The van der Waals surface area contributed by atoms with E-state index in [1.807, 2.05) is 0 Å². The van der Waals surface area contributed by atoms with E-state index in [4.69, 9.17) is 14.2 Å². The molecule has 3 rings (SSSR count). The van der Waals surface area contributed by atoms with Gasteiger partial charge >= 0.3 is 6.18 Å². The van der Waals surface area contributed by atoms with Crippen LogP contribution in [0.2, 0.25) is 0 Å². The lowest BCUT2D eigenvalue weighted by Crippen LogP contribution is -2.38. The van der Waals surface area contributed by atoms with Crippen LogP contribution >= 0.6 is 0 Å². The molecule has 7 nitrogen and oxygen atoms in total. The van der Waals surface area contributed by atoms with Crippen LogP contribution in [0.1, 0.15) is 44.1 Å². The molecule has 2 fully saturated rings. The topological polar surface area (TPSA) is 93.9 Å². The maximum atomic E-state index is 13.1. The van der Waals surface area contributed by atoms with E-state index in [1.165, 1.54) is 6.92 Å². The Morgan fingerprint density at radius 3 is 2.38 bits per heavy atom. The fourth-order valence-corrected chi connectivity index (χ4v) is 3.07. The molecule has 1 saturated heterocycles. The molecule has 0 bridgehead atoms. The van der Waals surface area contributed by atoms with Crippen molar-refractivity contribution in [1.82, 2.24) is 9.97 Å². The van der Waals surface area contributed by atoms with Crippen LogP contribution in [0.3, 0.4) is 0 Å². The zero-order chi connectivity index (χ0) is 19.0. The summed E-state index contributed by atoms with van der Waals surface area (Å²) in [5.74, 6) is -2.31. The molecule has 2 aliphatic rings. The van der Waals surface area contributed by atoms with E-state index in [-0.39, 0.29) is 17.7 Å². The number of aliphatic hydroxyl groups excluding tert-OH is 1. The maximum Gasteiger partial charge on any atom is 0.451 e.